The number of carboxylic acids is 1. The molecule has 1 fully saturated rings. The third-order valence-electron chi connectivity index (χ3n) is 3.16. The molecule has 4 N–H and O–H groups in total. The number of thioether (sulfide) groups is 1. The van der Waals surface area contributed by atoms with Crippen molar-refractivity contribution in [1.29, 1.82) is 0 Å². The second-order valence-corrected chi connectivity index (χ2v) is 6.25. The number of amides is 1. The van der Waals surface area contributed by atoms with Gasteiger partial charge in [0.15, 0.2) is 5.17 Å². The van der Waals surface area contributed by atoms with Crippen LogP contribution in [-0.4, -0.2) is 50.8 Å². The van der Waals surface area contributed by atoms with Crippen molar-refractivity contribution in [2.75, 3.05) is 0 Å². The van der Waals surface area contributed by atoms with E-state index < -0.39 is 42.4 Å². The Balaban J connectivity index is 2.20. The van der Waals surface area contributed by atoms with Gasteiger partial charge in [-0.25, -0.2) is 0 Å². The molecule has 1 heterocycles. The third-order valence-corrected chi connectivity index (χ3v) is 4.23. The van der Waals surface area contributed by atoms with Crippen molar-refractivity contribution >= 4 is 47.6 Å². The molecule has 1 saturated heterocycles. The number of nitrogens with one attached hydrogen (secondary N) is 1. The lowest BCUT2D eigenvalue weighted by atomic mass is 9.79. The summed E-state index contributed by atoms with van der Waals surface area (Å²) >= 11 is 0.805. The molecule has 1 amide bonds. The summed E-state index contributed by atoms with van der Waals surface area (Å²) in [5.74, 6) is -1.76. The Labute approximate surface area is 149 Å². The van der Waals surface area contributed by atoms with Crippen molar-refractivity contribution in [3.8, 4) is 0 Å². The Kier molecular flexibility index (Phi) is 6.05. The van der Waals surface area contributed by atoms with Gasteiger partial charge in [-0.2, -0.15) is 18.3 Å². The zero-order chi connectivity index (χ0) is 19.5. The number of carbonyl (C=O) groups is 2. The molecule has 0 aliphatic carbocycles. The van der Waals surface area contributed by atoms with Crippen LogP contribution in [0.25, 0.3) is 0 Å². The SMILES string of the molecule is O=C(O)CC1SC(=NN=Cc2ccc(B(O)O)cc2C(F)(F)F)NC1=O. The monoisotopic (exact) mass is 389 g/mol. The lowest BCUT2D eigenvalue weighted by molar-refractivity contribution is -0.138. The summed E-state index contributed by atoms with van der Waals surface area (Å²) in [4.78, 5) is 22.1. The van der Waals surface area contributed by atoms with E-state index in [1.54, 1.807) is 0 Å². The van der Waals surface area contributed by atoms with Crippen LogP contribution in [0, 0.1) is 0 Å². The van der Waals surface area contributed by atoms with Crippen LogP contribution < -0.4 is 10.8 Å². The molecule has 1 aromatic rings. The fourth-order valence-electron chi connectivity index (χ4n) is 1.98. The lowest BCUT2D eigenvalue weighted by Crippen LogP contribution is -2.31. The molecule has 0 aromatic heterocycles. The van der Waals surface area contributed by atoms with Crippen molar-refractivity contribution in [2.45, 2.75) is 17.8 Å². The number of carboxylic acid groups (broad SMARTS) is 1. The molecule has 138 valence electrons. The van der Waals surface area contributed by atoms with Crippen molar-refractivity contribution < 1.29 is 37.9 Å². The molecule has 0 saturated carbocycles. The van der Waals surface area contributed by atoms with E-state index in [0.29, 0.717) is 6.07 Å². The normalized spacial score (nSPS) is 19.2. The maximum atomic E-state index is 13.1. The van der Waals surface area contributed by atoms with E-state index in [1.807, 2.05) is 0 Å². The fourth-order valence-corrected chi connectivity index (χ4v) is 2.90. The number of hydrogen-bond donors (Lipinski definition) is 4. The first-order chi connectivity index (χ1) is 12.1. The van der Waals surface area contributed by atoms with Crippen LogP contribution in [0.5, 0.6) is 0 Å². The number of carbonyl (C=O) groups excluding carboxylic acids is 1. The highest BCUT2D eigenvalue weighted by Crippen LogP contribution is 2.31. The molecule has 1 aliphatic rings. The Bertz CT molecular complexity index is 785. The minimum atomic E-state index is -4.76. The molecule has 1 aliphatic heterocycles. The molecule has 1 aromatic carbocycles. The van der Waals surface area contributed by atoms with Gasteiger partial charge in [0.1, 0.15) is 5.25 Å². The predicted octanol–water partition coefficient (Wildman–Crippen LogP) is -0.219. The smallest absolute Gasteiger partial charge is 0.481 e. The van der Waals surface area contributed by atoms with Gasteiger partial charge in [0.2, 0.25) is 5.91 Å². The van der Waals surface area contributed by atoms with Crippen LogP contribution in [0.1, 0.15) is 17.5 Å². The van der Waals surface area contributed by atoms with Crippen LogP contribution in [0.3, 0.4) is 0 Å². The van der Waals surface area contributed by atoms with Crippen molar-refractivity contribution in [3.05, 3.63) is 29.3 Å². The Morgan fingerprint density at radius 1 is 1.38 bits per heavy atom. The van der Waals surface area contributed by atoms with Gasteiger partial charge in [-0.1, -0.05) is 23.9 Å². The average Bonchev–Trinajstić information content (AvgIpc) is 2.85. The van der Waals surface area contributed by atoms with Crippen molar-refractivity contribution in [3.63, 3.8) is 0 Å². The summed E-state index contributed by atoms with van der Waals surface area (Å²) in [5.41, 5.74) is -1.85. The quantitative estimate of drug-likeness (QED) is 0.313. The summed E-state index contributed by atoms with van der Waals surface area (Å²) in [7, 11) is -2.06. The molecule has 13 heteroatoms. The molecule has 0 radical (unpaired) electrons. The number of rotatable bonds is 5. The number of hydrogen-bond acceptors (Lipinski definition) is 7. The maximum Gasteiger partial charge on any atom is 0.488 e. The lowest BCUT2D eigenvalue weighted by Gasteiger charge is -2.11. The van der Waals surface area contributed by atoms with E-state index in [0.717, 1.165) is 30.1 Å². The number of nitrogens with zero attached hydrogens (tertiary/aromatic N) is 2. The zero-order valence-corrected chi connectivity index (χ0v) is 13.6. The number of aliphatic carboxylic acids is 1. The van der Waals surface area contributed by atoms with Crippen LogP contribution in [0.4, 0.5) is 13.2 Å². The van der Waals surface area contributed by atoms with Gasteiger partial charge in [-0.05, 0) is 11.5 Å². The van der Waals surface area contributed by atoms with Crippen molar-refractivity contribution in [1.82, 2.24) is 5.32 Å². The first-order valence-electron chi connectivity index (χ1n) is 6.95. The number of halogens is 3. The van der Waals surface area contributed by atoms with Gasteiger partial charge in [-0.3, -0.25) is 9.59 Å². The number of benzene rings is 1. The summed E-state index contributed by atoms with van der Waals surface area (Å²) in [6.45, 7) is 0. The highest BCUT2D eigenvalue weighted by molar-refractivity contribution is 8.15. The average molecular weight is 389 g/mol. The van der Waals surface area contributed by atoms with Gasteiger partial charge < -0.3 is 20.5 Å². The zero-order valence-electron chi connectivity index (χ0n) is 12.8. The second-order valence-electron chi connectivity index (χ2n) is 5.06. The first kappa shape index (κ1) is 19.9. The molecule has 8 nitrogen and oxygen atoms in total. The summed E-state index contributed by atoms with van der Waals surface area (Å²) in [6, 6.07) is 2.66. The van der Waals surface area contributed by atoms with Gasteiger partial charge in [0.05, 0.1) is 18.2 Å². The van der Waals surface area contributed by atoms with Gasteiger partial charge in [0, 0.05) is 5.56 Å². The van der Waals surface area contributed by atoms with Crippen LogP contribution >= 0.6 is 11.8 Å². The largest absolute Gasteiger partial charge is 0.488 e. The Morgan fingerprint density at radius 3 is 2.65 bits per heavy atom. The predicted molar refractivity (Wildman–Crippen MR) is 88.1 cm³/mol. The van der Waals surface area contributed by atoms with Gasteiger partial charge in [0.25, 0.3) is 0 Å². The molecular weight excluding hydrogens is 378 g/mol. The second kappa shape index (κ2) is 7.89. The Morgan fingerprint density at radius 2 is 2.08 bits per heavy atom. The molecular formula is C13H11BF3N3O5S. The topological polar surface area (TPSA) is 132 Å². The first-order valence-corrected chi connectivity index (χ1v) is 7.83. The van der Waals surface area contributed by atoms with E-state index in [9.17, 15) is 22.8 Å². The van der Waals surface area contributed by atoms with E-state index >= 15 is 0 Å². The summed E-state index contributed by atoms with van der Waals surface area (Å²) in [6.07, 6.45) is -4.40. The summed E-state index contributed by atoms with van der Waals surface area (Å²) in [5, 5.41) is 35.0. The minimum absolute atomic E-state index is 0.0338. The third kappa shape index (κ3) is 5.06. The molecule has 2 rings (SSSR count). The highest BCUT2D eigenvalue weighted by Gasteiger charge is 2.34. The van der Waals surface area contributed by atoms with E-state index in [-0.39, 0.29) is 16.2 Å². The standard InChI is InChI=1S/C13H11BF3N3O5S/c15-13(16,17)8-3-7(14(24)25)2-1-6(8)5-18-20-12-19-11(23)9(26-12)4-10(21)22/h1-3,5,9,24-25H,4H2,(H,21,22)(H,19,20,23). The van der Waals surface area contributed by atoms with E-state index in [2.05, 4.69) is 15.5 Å². The van der Waals surface area contributed by atoms with Crippen LogP contribution in [0.15, 0.2) is 28.4 Å². The Hall–Kier alpha value is -2.38. The number of alkyl halides is 3. The van der Waals surface area contributed by atoms with E-state index in [1.165, 1.54) is 0 Å². The number of amidine groups is 1. The maximum absolute atomic E-state index is 13.1. The molecule has 0 spiro atoms. The molecule has 26 heavy (non-hydrogen) atoms. The summed E-state index contributed by atoms with van der Waals surface area (Å²) < 4.78 is 39.2. The van der Waals surface area contributed by atoms with E-state index in [4.69, 9.17) is 15.2 Å². The van der Waals surface area contributed by atoms with Crippen LogP contribution in [0.2, 0.25) is 0 Å². The van der Waals surface area contributed by atoms with Crippen LogP contribution in [-0.2, 0) is 15.8 Å². The molecule has 0 bridgehead atoms. The highest BCUT2D eigenvalue weighted by atomic mass is 32.2. The molecule has 1 atom stereocenters. The van der Waals surface area contributed by atoms with Gasteiger partial charge >= 0.3 is 19.3 Å². The van der Waals surface area contributed by atoms with Crippen molar-refractivity contribution in [2.24, 2.45) is 10.2 Å². The van der Waals surface area contributed by atoms with Gasteiger partial charge in [-0.15, -0.1) is 5.10 Å². The fraction of sp³-hybridized carbons (Fsp3) is 0.231. The molecule has 1 unspecified atom stereocenters. The minimum Gasteiger partial charge on any atom is -0.481 e.